The average Bonchev–Trinajstić information content (AvgIpc) is 4.11. The van der Waals surface area contributed by atoms with Gasteiger partial charge in [0.25, 0.3) is 0 Å². The fourth-order valence-electron chi connectivity index (χ4n) is 11.5. The van der Waals surface area contributed by atoms with Crippen molar-refractivity contribution < 1.29 is 4.42 Å². The zero-order chi connectivity index (χ0) is 46.2. The Labute approximate surface area is 410 Å². The zero-order valence-electron chi connectivity index (χ0n) is 38.1. The molecule has 0 saturated carbocycles. The Hall–Kier alpha value is -8.76. The summed E-state index contributed by atoms with van der Waals surface area (Å²) in [7, 11) is 0. The number of furan rings is 1. The maximum atomic E-state index is 6.63. The number of nitrogens with zero attached hydrogens (tertiary/aromatic N) is 1. The molecule has 0 fully saturated rings. The van der Waals surface area contributed by atoms with Crippen LogP contribution in [-0.2, 0) is 5.41 Å². The molecule has 0 bridgehead atoms. The zero-order valence-corrected chi connectivity index (χ0v) is 38.9. The van der Waals surface area contributed by atoms with E-state index in [2.05, 4.69) is 260 Å². The van der Waals surface area contributed by atoms with Gasteiger partial charge >= 0.3 is 0 Å². The molecule has 3 heteroatoms. The van der Waals surface area contributed by atoms with E-state index in [0.29, 0.717) is 0 Å². The van der Waals surface area contributed by atoms with Crippen molar-refractivity contribution in [3.63, 3.8) is 0 Å². The Morgan fingerprint density at radius 2 is 0.943 bits per heavy atom. The summed E-state index contributed by atoms with van der Waals surface area (Å²) in [6.07, 6.45) is 0. The molecule has 2 nitrogen and oxygen atoms in total. The van der Waals surface area contributed by atoms with Gasteiger partial charge in [-0.3, -0.25) is 0 Å². The Morgan fingerprint density at radius 1 is 0.357 bits per heavy atom. The molecule has 11 aromatic carbocycles. The molecular formula is C67H43NOS. The van der Waals surface area contributed by atoms with Gasteiger partial charge in [-0.1, -0.05) is 212 Å². The number of fused-ring (bicyclic) bond motifs is 9. The van der Waals surface area contributed by atoms with Crippen molar-refractivity contribution in [1.29, 1.82) is 0 Å². The van der Waals surface area contributed by atoms with E-state index in [9.17, 15) is 0 Å². The molecule has 0 unspecified atom stereocenters. The van der Waals surface area contributed by atoms with Crippen molar-refractivity contribution in [2.45, 2.75) is 5.41 Å². The van der Waals surface area contributed by atoms with Gasteiger partial charge in [0.1, 0.15) is 11.2 Å². The standard InChI is InChI=1S/C67H43NOS/c1-3-21-48(22-4-1)67(49-23-5-2-6-24-49)59-33-10-7-28-58(59)64-60(67)34-17-35-61(64)68(51-25-14-20-47(43-51)52-29-15-31-56-54-26-8-11-36-62(54)69-65(52)56)50-40-38-44(39-41-50)45-18-13-19-46(42-45)53-30-16-32-57-55-27-9-12-37-63(55)70-66(53)57/h1-43H. The van der Waals surface area contributed by atoms with Crippen molar-refractivity contribution in [3.05, 3.63) is 283 Å². The van der Waals surface area contributed by atoms with Crippen LogP contribution in [0.2, 0.25) is 0 Å². The Kier molecular flexibility index (Phi) is 9.33. The lowest BCUT2D eigenvalue weighted by atomic mass is 9.68. The monoisotopic (exact) mass is 909 g/mol. The van der Waals surface area contributed by atoms with Crippen molar-refractivity contribution in [2.24, 2.45) is 0 Å². The van der Waals surface area contributed by atoms with E-state index in [0.717, 1.165) is 55.7 Å². The largest absolute Gasteiger partial charge is 0.455 e. The number of anilines is 3. The van der Waals surface area contributed by atoms with Gasteiger partial charge in [0.05, 0.1) is 11.1 Å². The van der Waals surface area contributed by atoms with E-state index in [1.54, 1.807) is 0 Å². The third kappa shape index (κ3) is 6.19. The number of hydrogen-bond acceptors (Lipinski definition) is 3. The number of rotatable bonds is 8. The second-order valence-electron chi connectivity index (χ2n) is 18.3. The second kappa shape index (κ2) is 16.2. The topological polar surface area (TPSA) is 16.4 Å². The van der Waals surface area contributed by atoms with Crippen LogP contribution in [0.3, 0.4) is 0 Å². The summed E-state index contributed by atoms with van der Waals surface area (Å²) in [5, 5.41) is 4.87. The molecule has 0 spiro atoms. The Bertz CT molecular complexity index is 4090. The van der Waals surface area contributed by atoms with Crippen molar-refractivity contribution in [3.8, 4) is 44.5 Å². The van der Waals surface area contributed by atoms with Gasteiger partial charge in [-0.2, -0.15) is 0 Å². The highest BCUT2D eigenvalue weighted by molar-refractivity contribution is 7.26. The van der Waals surface area contributed by atoms with Gasteiger partial charge in [0.2, 0.25) is 0 Å². The van der Waals surface area contributed by atoms with Gasteiger partial charge < -0.3 is 9.32 Å². The van der Waals surface area contributed by atoms with Crippen LogP contribution < -0.4 is 4.90 Å². The molecule has 70 heavy (non-hydrogen) atoms. The average molecular weight is 910 g/mol. The van der Waals surface area contributed by atoms with Gasteiger partial charge in [-0.05, 0) is 104 Å². The summed E-state index contributed by atoms with van der Waals surface area (Å²) in [4.78, 5) is 2.46. The fraction of sp³-hybridized carbons (Fsp3) is 0.0149. The summed E-state index contributed by atoms with van der Waals surface area (Å²) in [5.41, 5.74) is 18.9. The van der Waals surface area contributed by atoms with Crippen LogP contribution in [0.1, 0.15) is 22.3 Å². The van der Waals surface area contributed by atoms with Gasteiger partial charge in [0, 0.05) is 53.4 Å². The quantitative estimate of drug-likeness (QED) is 0.151. The molecule has 0 amide bonds. The first kappa shape index (κ1) is 40.3. The Balaban J connectivity index is 0.957. The van der Waals surface area contributed by atoms with Crippen LogP contribution in [0.5, 0.6) is 0 Å². The van der Waals surface area contributed by atoms with Crippen LogP contribution in [0.25, 0.3) is 86.6 Å². The maximum absolute atomic E-state index is 6.63. The number of hydrogen-bond donors (Lipinski definition) is 0. The van der Waals surface area contributed by atoms with Crippen molar-refractivity contribution in [1.82, 2.24) is 0 Å². The first-order valence-electron chi connectivity index (χ1n) is 24.0. The molecule has 0 aliphatic heterocycles. The molecule has 0 saturated heterocycles. The summed E-state index contributed by atoms with van der Waals surface area (Å²) < 4.78 is 9.27. The first-order valence-corrected chi connectivity index (χ1v) is 24.8. The summed E-state index contributed by atoms with van der Waals surface area (Å²) in [6.45, 7) is 0. The number of para-hydroxylation sites is 2. The van der Waals surface area contributed by atoms with Crippen LogP contribution in [0.15, 0.2) is 265 Å². The van der Waals surface area contributed by atoms with E-state index in [-0.39, 0.29) is 0 Å². The lowest BCUT2D eigenvalue weighted by Crippen LogP contribution is -2.28. The van der Waals surface area contributed by atoms with Gasteiger partial charge in [0.15, 0.2) is 0 Å². The molecular weight excluding hydrogens is 867 g/mol. The highest BCUT2D eigenvalue weighted by Crippen LogP contribution is 2.59. The van der Waals surface area contributed by atoms with Crippen molar-refractivity contribution in [2.75, 3.05) is 4.90 Å². The van der Waals surface area contributed by atoms with E-state index < -0.39 is 5.41 Å². The molecule has 14 rings (SSSR count). The normalized spacial score (nSPS) is 12.7. The summed E-state index contributed by atoms with van der Waals surface area (Å²) in [6, 6.07) is 95.5. The third-order valence-electron chi connectivity index (χ3n) is 14.6. The van der Waals surface area contributed by atoms with Crippen LogP contribution in [-0.4, -0.2) is 0 Å². The van der Waals surface area contributed by atoms with E-state index in [1.807, 2.05) is 17.4 Å². The fourth-order valence-corrected chi connectivity index (χ4v) is 12.8. The van der Waals surface area contributed by atoms with E-state index >= 15 is 0 Å². The van der Waals surface area contributed by atoms with Crippen LogP contribution in [0.4, 0.5) is 17.1 Å². The number of benzene rings is 11. The summed E-state index contributed by atoms with van der Waals surface area (Å²) >= 11 is 1.88. The van der Waals surface area contributed by atoms with Crippen molar-refractivity contribution >= 4 is 70.5 Å². The van der Waals surface area contributed by atoms with E-state index in [4.69, 9.17) is 4.42 Å². The highest BCUT2D eigenvalue weighted by Gasteiger charge is 2.47. The molecule has 2 heterocycles. The lowest BCUT2D eigenvalue weighted by Gasteiger charge is -2.34. The lowest BCUT2D eigenvalue weighted by molar-refractivity contribution is 0.670. The molecule has 0 radical (unpaired) electrons. The smallest absolute Gasteiger partial charge is 0.143 e. The SMILES string of the molecule is c1ccc(C2(c3ccccc3)c3ccccc3-c3c(N(c4ccc(-c5cccc(-c6cccc7c6sc6ccccc67)c5)cc4)c4cccc(-c5cccc6c5oc5ccccc56)c4)cccc32)cc1. The highest BCUT2D eigenvalue weighted by atomic mass is 32.1. The first-order chi connectivity index (χ1) is 34.7. The Morgan fingerprint density at radius 3 is 1.76 bits per heavy atom. The van der Waals surface area contributed by atoms with E-state index in [1.165, 1.54) is 70.2 Å². The third-order valence-corrected chi connectivity index (χ3v) is 15.8. The molecule has 0 atom stereocenters. The predicted octanol–water partition coefficient (Wildman–Crippen LogP) is 18.8. The van der Waals surface area contributed by atoms with Crippen LogP contribution in [0, 0.1) is 0 Å². The molecule has 328 valence electrons. The maximum Gasteiger partial charge on any atom is 0.143 e. The number of thiophene rings is 1. The molecule has 13 aromatic rings. The molecule has 1 aliphatic rings. The second-order valence-corrected chi connectivity index (χ2v) is 19.4. The van der Waals surface area contributed by atoms with Gasteiger partial charge in [-0.25, -0.2) is 0 Å². The van der Waals surface area contributed by atoms with Crippen LogP contribution >= 0.6 is 11.3 Å². The van der Waals surface area contributed by atoms with Gasteiger partial charge in [-0.15, -0.1) is 11.3 Å². The minimum Gasteiger partial charge on any atom is -0.455 e. The molecule has 1 aliphatic carbocycles. The minimum atomic E-state index is -0.538. The summed E-state index contributed by atoms with van der Waals surface area (Å²) in [5.74, 6) is 0. The minimum absolute atomic E-state index is 0.538. The predicted molar refractivity (Wildman–Crippen MR) is 295 cm³/mol. The molecule has 0 N–H and O–H groups in total. The molecule has 2 aromatic heterocycles.